The lowest BCUT2D eigenvalue weighted by atomic mass is 10.1. The molecule has 0 fully saturated rings. The molecule has 2 aromatic heterocycles. The molecule has 0 saturated heterocycles. The lowest BCUT2D eigenvalue weighted by molar-refractivity contribution is 0.0997. The van der Waals surface area contributed by atoms with Crippen molar-refractivity contribution in [2.24, 2.45) is 0 Å². The topological polar surface area (TPSA) is 73.0 Å². The second kappa shape index (κ2) is 7.81. The highest BCUT2D eigenvalue weighted by atomic mass is 16.3. The Labute approximate surface area is 185 Å². The quantitative estimate of drug-likeness (QED) is 0.394. The Morgan fingerprint density at radius 3 is 2.31 bits per heavy atom. The summed E-state index contributed by atoms with van der Waals surface area (Å²) < 4.78 is 5.84. The molecule has 5 rings (SSSR count). The van der Waals surface area contributed by atoms with Gasteiger partial charge in [-0.25, -0.2) is 0 Å². The molecule has 5 aromatic rings. The fourth-order valence-corrected chi connectivity index (χ4v) is 3.57. The third kappa shape index (κ3) is 3.67. The van der Waals surface area contributed by atoms with E-state index in [1.54, 1.807) is 10.9 Å². The molecule has 0 bridgehead atoms. The summed E-state index contributed by atoms with van der Waals surface area (Å²) in [5, 5.41) is 12.0. The number of hydrogen-bond donors (Lipinski definition) is 1. The number of fused-ring (bicyclic) bond motifs is 1. The molecule has 32 heavy (non-hydrogen) atoms. The number of carbonyl (C=O) groups excluding carboxylic acids is 1. The summed E-state index contributed by atoms with van der Waals surface area (Å²) in [5.41, 5.74) is 7.25. The van der Waals surface area contributed by atoms with Gasteiger partial charge in [0, 0.05) is 11.3 Å². The van der Waals surface area contributed by atoms with E-state index in [9.17, 15) is 4.79 Å². The number of nitrogens with one attached hydrogen (secondary N) is 1. The van der Waals surface area contributed by atoms with Crippen molar-refractivity contribution in [3.05, 3.63) is 95.2 Å². The minimum absolute atomic E-state index is 0.255. The van der Waals surface area contributed by atoms with Crippen molar-refractivity contribution >= 4 is 22.6 Å². The normalized spacial score (nSPS) is 11.1. The van der Waals surface area contributed by atoms with Crippen molar-refractivity contribution in [3.63, 3.8) is 0 Å². The van der Waals surface area contributed by atoms with Gasteiger partial charge in [0.25, 0.3) is 5.91 Å². The van der Waals surface area contributed by atoms with Gasteiger partial charge in [0.05, 0.1) is 5.69 Å². The van der Waals surface area contributed by atoms with Gasteiger partial charge in [-0.3, -0.25) is 4.79 Å². The van der Waals surface area contributed by atoms with E-state index in [1.807, 2.05) is 67.6 Å². The Kier molecular flexibility index (Phi) is 4.82. The number of furan rings is 1. The van der Waals surface area contributed by atoms with Crippen LogP contribution < -0.4 is 5.32 Å². The molecule has 2 heterocycles. The van der Waals surface area contributed by atoms with Crippen LogP contribution in [0.25, 0.3) is 28.0 Å². The van der Waals surface area contributed by atoms with Gasteiger partial charge < -0.3 is 9.73 Å². The summed E-state index contributed by atoms with van der Waals surface area (Å²) >= 11 is 0. The Morgan fingerprint density at radius 1 is 0.812 bits per heavy atom. The Bertz CT molecular complexity index is 1450. The first-order chi connectivity index (χ1) is 15.5. The first kappa shape index (κ1) is 19.8. The molecule has 0 aliphatic carbocycles. The minimum atomic E-state index is -0.307. The van der Waals surface area contributed by atoms with Crippen LogP contribution in [0.2, 0.25) is 0 Å². The number of para-hydroxylation sites is 1. The molecule has 0 atom stereocenters. The molecule has 1 amide bonds. The highest BCUT2D eigenvalue weighted by molar-refractivity contribution is 6.04. The molecule has 0 spiro atoms. The number of anilines is 1. The summed E-state index contributed by atoms with van der Waals surface area (Å²) in [5.74, 6) is 0.611. The van der Waals surface area contributed by atoms with Gasteiger partial charge in [0.15, 0.2) is 5.76 Å². The summed E-state index contributed by atoms with van der Waals surface area (Å²) in [6.45, 7) is 6.05. The highest BCUT2D eigenvalue weighted by Crippen LogP contribution is 2.26. The van der Waals surface area contributed by atoms with Crippen LogP contribution in [0, 0.1) is 20.8 Å². The van der Waals surface area contributed by atoms with Crippen LogP contribution >= 0.6 is 0 Å². The fraction of sp³-hybridized carbons (Fsp3) is 0.115. The average molecular weight is 422 g/mol. The standard InChI is InChI=1S/C26H22N4O2/c1-16-9-10-19(13-17(16)2)24-11-12-25(32-24)26(31)27-21-15-23-22(14-18(21)3)28-30(29-23)20-7-5-4-6-8-20/h4-15H,1-3H3,(H,27,31). The van der Waals surface area contributed by atoms with E-state index in [1.165, 1.54) is 11.1 Å². The largest absolute Gasteiger partial charge is 0.451 e. The number of rotatable bonds is 4. The van der Waals surface area contributed by atoms with Gasteiger partial charge in [-0.05, 0) is 79.9 Å². The molecule has 0 saturated carbocycles. The summed E-state index contributed by atoms with van der Waals surface area (Å²) in [6.07, 6.45) is 0. The zero-order chi connectivity index (χ0) is 22.2. The molecule has 3 aromatic carbocycles. The van der Waals surface area contributed by atoms with E-state index in [-0.39, 0.29) is 11.7 Å². The summed E-state index contributed by atoms with van der Waals surface area (Å²) in [7, 11) is 0. The molecule has 0 unspecified atom stereocenters. The summed E-state index contributed by atoms with van der Waals surface area (Å²) in [6, 6.07) is 23.1. The van der Waals surface area contributed by atoms with Crippen LogP contribution in [0.3, 0.4) is 0 Å². The minimum Gasteiger partial charge on any atom is -0.451 e. The van der Waals surface area contributed by atoms with Crippen molar-refractivity contribution in [2.45, 2.75) is 20.8 Å². The maximum atomic E-state index is 12.8. The van der Waals surface area contributed by atoms with Crippen molar-refractivity contribution in [1.82, 2.24) is 15.0 Å². The molecule has 0 aliphatic heterocycles. The molecule has 158 valence electrons. The third-order valence-corrected chi connectivity index (χ3v) is 5.58. The predicted molar refractivity (Wildman–Crippen MR) is 125 cm³/mol. The van der Waals surface area contributed by atoms with Crippen molar-refractivity contribution in [1.29, 1.82) is 0 Å². The van der Waals surface area contributed by atoms with Crippen LogP contribution in [-0.4, -0.2) is 20.9 Å². The van der Waals surface area contributed by atoms with E-state index in [0.29, 0.717) is 17.0 Å². The number of hydrogen-bond acceptors (Lipinski definition) is 4. The van der Waals surface area contributed by atoms with Crippen molar-refractivity contribution in [3.8, 4) is 17.0 Å². The van der Waals surface area contributed by atoms with Gasteiger partial charge in [-0.2, -0.15) is 4.80 Å². The van der Waals surface area contributed by atoms with Gasteiger partial charge in [-0.15, -0.1) is 10.2 Å². The van der Waals surface area contributed by atoms with Crippen LogP contribution in [0.15, 0.2) is 77.2 Å². The number of carbonyl (C=O) groups is 1. The molecule has 6 heteroatoms. The zero-order valence-corrected chi connectivity index (χ0v) is 18.1. The van der Waals surface area contributed by atoms with Crippen LogP contribution in [0.5, 0.6) is 0 Å². The van der Waals surface area contributed by atoms with Gasteiger partial charge in [0.1, 0.15) is 16.8 Å². The van der Waals surface area contributed by atoms with Gasteiger partial charge in [0.2, 0.25) is 0 Å². The monoisotopic (exact) mass is 422 g/mol. The van der Waals surface area contributed by atoms with Crippen LogP contribution in [0.4, 0.5) is 5.69 Å². The first-order valence-corrected chi connectivity index (χ1v) is 10.4. The van der Waals surface area contributed by atoms with Crippen molar-refractivity contribution < 1.29 is 9.21 Å². The Balaban J connectivity index is 1.40. The molecule has 0 radical (unpaired) electrons. The second-order valence-electron chi connectivity index (χ2n) is 7.90. The average Bonchev–Trinajstić information content (AvgIpc) is 3.44. The van der Waals surface area contributed by atoms with E-state index >= 15 is 0 Å². The second-order valence-corrected chi connectivity index (χ2v) is 7.90. The predicted octanol–water partition coefficient (Wildman–Crippen LogP) is 5.86. The number of nitrogens with zero attached hydrogens (tertiary/aromatic N) is 3. The van der Waals surface area contributed by atoms with E-state index < -0.39 is 0 Å². The van der Waals surface area contributed by atoms with E-state index in [4.69, 9.17) is 4.42 Å². The number of aromatic nitrogens is 3. The highest BCUT2D eigenvalue weighted by Gasteiger charge is 2.15. The maximum Gasteiger partial charge on any atom is 0.291 e. The van der Waals surface area contributed by atoms with Crippen LogP contribution in [0.1, 0.15) is 27.2 Å². The third-order valence-electron chi connectivity index (χ3n) is 5.58. The molecular weight excluding hydrogens is 400 g/mol. The molecule has 1 N–H and O–H groups in total. The van der Waals surface area contributed by atoms with Gasteiger partial charge in [-0.1, -0.05) is 30.3 Å². The Morgan fingerprint density at radius 2 is 1.56 bits per heavy atom. The number of benzene rings is 3. The van der Waals surface area contributed by atoms with Crippen molar-refractivity contribution in [2.75, 3.05) is 5.32 Å². The van der Waals surface area contributed by atoms with Gasteiger partial charge >= 0.3 is 0 Å². The zero-order valence-electron chi connectivity index (χ0n) is 18.1. The lowest BCUT2D eigenvalue weighted by Crippen LogP contribution is -2.11. The molecule has 6 nitrogen and oxygen atoms in total. The fourth-order valence-electron chi connectivity index (χ4n) is 3.57. The number of amides is 1. The molecular formula is C26H22N4O2. The van der Waals surface area contributed by atoms with Crippen LogP contribution in [-0.2, 0) is 0 Å². The maximum absolute atomic E-state index is 12.8. The molecule has 0 aliphatic rings. The smallest absolute Gasteiger partial charge is 0.291 e. The lowest BCUT2D eigenvalue weighted by Gasteiger charge is -2.07. The summed E-state index contributed by atoms with van der Waals surface area (Å²) in [4.78, 5) is 14.4. The SMILES string of the molecule is Cc1ccc(-c2ccc(C(=O)Nc3cc4nn(-c5ccccc5)nc4cc3C)o2)cc1C. The number of aryl methyl sites for hydroxylation is 3. The first-order valence-electron chi connectivity index (χ1n) is 10.4. The Hall–Kier alpha value is -4.19. The van der Waals surface area contributed by atoms with E-state index in [2.05, 4.69) is 35.4 Å². The van der Waals surface area contributed by atoms with E-state index in [0.717, 1.165) is 22.3 Å².